The molecular formula is C36H32N10O8. The first-order valence-electron chi connectivity index (χ1n) is 16.2. The maximum absolute atomic E-state index is 13.0. The van der Waals surface area contributed by atoms with Crippen molar-refractivity contribution in [2.45, 2.75) is 13.8 Å². The number of anilines is 2. The Kier molecular flexibility index (Phi) is 10.7. The van der Waals surface area contributed by atoms with E-state index in [9.17, 15) is 29.4 Å². The second kappa shape index (κ2) is 16.1. The standard InChI is InChI=1S/C36H32N10O8/c1-19(47)31(33(49)37-21-11-13-23-27(17-21)41-35(51)39-23)45-43-25-7-3-5-9-29(25)53-15-16-54-30-10-6-4-8-26(30)44-46-32(20(2)48)34(50)38-22-12-14-24-28(18-22)42-36(52)40-24/h3-14,17-18,47-48H,15-16H2,1-2H3,(H,37,49)(H,38,50)(H2,39,41,51)(H2,40,42,52). The van der Waals surface area contributed by atoms with Gasteiger partial charge >= 0.3 is 11.4 Å². The van der Waals surface area contributed by atoms with Gasteiger partial charge in [-0.15, -0.1) is 20.5 Å². The second-order valence-corrected chi connectivity index (χ2v) is 11.5. The molecule has 6 aromatic rings. The summed E-state index contributed by atoms with van der Waals surface area (Å²) in [5.74, 6) is -1.58. The Bertz CT molecular complexity index is 2420. The van der Waals surface area contributed by atoms with E-state index in [1.165, 1.54) is 13.8 Å². The molecule has 6 rings (SSSR count). The zero-order valence-corrected chi connectivity index (χ0v) is 28.6. The average Bonchev–Trinajstić information content (AvgIpc) is 3.70. The number of aliphatic hydroxyl groups excluding tert-OH is 2. The minimum atomic E-state index is -0.732. The molecule has 4 aromatic carbocycles. The summed E-state index contributed by atoms with van der Waals surface area (Å²) in [6, 6.07) is 22.8. The molecule has 54 heavy (non-hydrogen) atoms. The van der Waals surface area contributed by atoms with E-state index in [-0.39, 0.29) is 58.9 Å². The first-order chi connectivity index (χ1) is 26.0. The van der Waals surface area contributed by atoms with Crippen molar-refractivity contribution < 1.29 is 29.3 Å². The first kappa shape index (κ1) is 36.0. The number of aliphatic hydroxyl groups is 2. The van der Waals surface area contributed by atoms with E-state index in [2.05, 4.69) is 51.0 Å². The molecule has 2 aromatic heterocycles. The molecule has 0 atom stereocenters. The fourth-order valence-corrected chi connectivity index (χ4v) is 5.00. The Morgan fingerprint density at radius 3 is 1.39 bits per heavy atom. The highest BCUT2D eigenvalue weighted by molar-refractivity contribution is 6.05. The Hall–Kier alpha value is -7.76. The van der Waals surface area contributed by atoms with Crippen molar-refractivity contribution in [3.8, 4) is 11.5 Å². The van der Waals surface area contributed by atoms with Crippen molar-refractivity contribution in [2.24, 2.45) is 20.5 Å². The molecule has 8 N–H and O–H groups in total. The molecule has 0 spiro atoms. The van der Waals surface area contributed by atoms with Gasteiger partial charge in [0.2, 0.25) is 0 Å². The summed E-state index contributed by atoms with van der Waals surface area (Å²) in [5.41, 5.74) is 1.89. The minimum absolute atomic E-state index is 0.0456. The number of benzene rings is 4. The number of aromatic nitrogens is 4. The van der Waals surface area contributed by atoms with E-state index in [0.717, 1.165) is 0 Å². The van der Waals surface area contributed by atoms with Crippen molar-refractivity contribution in [3.63, 3.8) is 0 Å². The smallest absolute Gasteiger partial charge is 0.323 e. The molecule has 2 heterocycles. The lowest BCUT2D eigenvalue weighted by Gasteiger charge is -2.11. The lowest BCUT2D eigenvalue weighted by molar-refractivity contribution is -0.113. The summed E-state index contributed by atoms with van der Waals surface area (Å²) in [5, 5.41) is 41.9. The van der Waals surface area contributed by atoms with Crippen molar-refractivity contribution >= 4 is 56.6 Å². The second-order valence-electron chi connectivity index (χ2n) is 11.5. The van der Waals surface area contributed by atoms with Crippen LogP contribution in [0.5, 0.6) is 11.5 Å². The number of imidazole rings is 2. The summed E-state index contributed by atoms with van der Waals surface area (Å²) >= 11 is 0. The molecule has 0 aliphatic heterocycles. The van der Waals surface area contributed by atoms with E-state index in [4.69, 9.17) is 9.47 Å². The van der Waals surface area contributed by atoms with Crippen LogP contribution in [0, 0.1) is 0 Å². The lowest BCUT2D eigenvalue weighted by atomic mass is 10.2. The number of amides is 2. The number of nitrogens with one attached hydrogen (secondary N) is 6. The maximum atomic E-state index is 13.0. The molecule has 0 saturated carbocycles. The van der Waals surface area contributed by atoms with Crippen LogP contribution in [0.1, 0.15) is 13.8 Å². The highest BCUT2D eigenvalue weighted by Crippen LogP contribution is 2.30. The first-order valence-corrected chi connectivity index (χ1v) is 16.2. The number of H-pyrrole nitrogens is 4. The van der Waals surface area contributed by atoms with Crippen LogP contribution in [0.4, 0.5) is 22.7 Å². The Labute approximate surface area is 304 Å². The molecule has 0 fully saturated rings. The van der Waals surface area contributed by atoms with Gasteiger partial charge in [-0.05, 0) is 74.5 Å². The van der Waals surface area contributed by atoms with Gasteiger partial charge in [-0.2, -0.15) is 0 Å². The van der Waals surface area contributed by atoms with Gasteiger partial charge in [0.25, 0.3) is 11.8 Å². The van der Waals surface area contributed by atoms with Crippen molar-refractivity contribution in [1.82, 2.24) is 19.9 Å². The topological polar surface area (TPSA) is 264 Å². The van der Waals surface area contributed by atoms with Crippen LogP contribution in [-0.2, 0) is 9.59 Å². The number of rotatable bonds is 13. The molecule has 2 amide bonds. The van der Waals surface area contributed by atoms with Crippen LogP contribution in [0.25, 0.3) is 22.1 Å². The maximum Gasteiger partial charge on any atom is 0.323 e. The van der Waals surface area contributed by atoms with Crippen LogP contribution in [0.3, 0.4) is 0 Å². The Morgan fingerprint density at radius 1 is 0.593 bits per heavy atom. The minimum Gasteiger partial charge on any atom is -0.510 e. The summed E-state index contributed by atoms with van der Waals surface area (Å²) in [6.45, 7) is 2.68. The van der Waals surface area contributed by atoms with Crippen LogP contribution in [0.15, 0.2) is 138 Å². The van der Waals surface area contributed by atoms with Crippen molar-refractivity contribution in [1.29, 1.82) is 0 Å². The number of ether oxygens (including phenoxy) is 2. The highest BCUT2D eigenvalue weighted by atomic mass is 16.5. The van der Waals surface area contributed by atoms with Crippen LogP contribution >= 0.6 is 0 Å². The average molecular weight is 733 g/mol. The number of azo groups is 2. The summed E-state index contributed by atoms with van der Waals surface area (Å²) in [6.07, 6.45) is 0. The third kappa shape index (κ3) is 8.75. The predicted molar refractivity (Wildman–Crippen MR) is 199 cm³/mol. The van der Waals surface area contributed by atoms with E-state index >= 15 is 0 Å². The van der Waals surface area contributed by atoms with Gasteiger partial charge in [0.05, 0.1) is 22.1 Å². The quantitative estimate of drug-likeness (QED) is 0.0280. The number of allylic oxidation sites excluding steroid dienone is 2. The van der Waals surface area contributed by atoms with Gasteiger partial charge in [0.1, 0.15) is 47.6 Å². The number of hydrogen-bond acceptors (Lipinski definition) is 12. The predicted octanol–water partition coefficient (Wildman–Crippen LogP) is 6.51. The molecule has 0 radical (unpaired) electrons. The van der Waals surface area contributed by atoms with E-state index in [0.29, 0.717) is 44.9 Å². The normalized spacial score (nSPS) is 12.6. The van der Waals surface area contributed by atoms with Gasteiger partial charge < -0.3 is 50.3 Å². The number of para-hydroxylation sites is 2. The van der Waals surface area contributed by atoms with Crippen molar-refractivity contribution in [2.75, 3.05) is 23.8 Å². The van der Waals surface area contributed by atoms with Crippen molar-refractivity contribution in [3.05, 3.63) is 129 Å². The molecule has 0 aliphatic rings. The monoisotopic (exact) mass is 732 g/mol. The zero-order chi connectivity index (χ0) is 38.2. The zero-order valence-electron chi connectivity index (χ0n) is 28.6. The van der Waals surface area contributed by atoms with Gasteiger partial charge in [0, 0.05) is 11.4 Å². The number of aromatic amines is 4. The van der Waals surface area contributed by atoms with Crippen LogP contribution < -0.4 is 31.5 Å². The Balaban J connectivity index is 1.06. The summed E-state index contributed by atoms with van der Waals surface area (Å²) in [4.78, 5) is 59.5. The molecule has 0 bridgehead atoms. The van der Waals surface area contributed by atoms with Gasteiger partial charge in [-0.1, -0.05) is 24.3 Å². The largest absolute Gasteiger partial charge is 0.510 e. The van der Waals surface area contributed by atoms with Gasteiger partial charge in [0.15, 0.2) is 11.4 Å². The molecule has 18 heteroatoms. The van der Waals surface area contributed by atoms with E-state index in [1.54, 1.807) is 84.9 Å². The number of hydrogen-bond donors (Lipinski definition) is 8. The molecule has 274 valence electrons. The summed E-state index contributed by atoms with van der Waals surface area (Å²) < 4.78 is 11.8. The third-order valence-corrected chi connectivity index (χ3v) is 7.51. The SMILES string of the molecule is CC(O)=C(N=Nc1ccccc1OCCOc1ccccc1N=NC(C(=O)Nc1ccc2[nH]c(=O)[nH]c2c1)=C(C)O)C(=O)Nc1ccc2[nH]c(=O)[nH]c2c1. The number of fused-ring (bicyclic) bond motifs is 2. The fraction of sp³-hybridized carbons (Fsp3) is 0.111. The lowest BCUT2D eigenvalue weighted by Crippen LogP contribution is -2.14. The molecule has 0 saturated heterocycles. The van der Waals surface area contributed by atoms with Gasteiger partial charge in [-0.25, -0.2) is 9.59 Å². The molecule has 18 nitrogen and oxygen atoms in total. The number of carbonyl (C=O) groups excluding carboxylic acids is 2. The summed E-state index contributed by atoms with van der Waals surface area (Å²) in [7, 11) is 0. The highest BCUT2D eigenvalue weighted by Gasteiger charge is 2.16. The van der Waals surface area contributed by atoms with E-state index in [1.807, 2.05) is 0 Å². The molecule has 0 aliphatic carbocycles. The fourth-order valence-electron chi connectivity index (χ4n) is 5.00. The number of carbonyl (C=O) groups is 2. The molecular weight excluding hydrogens is 700 g/mol. The molecule has 0 unspecified atom stereocenters. The van der Waals surface area contributed by atoms with Gasteiger partial charge in [-0.3, -0.25) is 9.59 Å². The Morgan fingerprint density at radius 2 is 0.981 bits per heavy atom. The number of nitrogens with zero attached hydrogens (tertiary/aromatic N) is 4. The van der Waals surface area contributed by atoms with Crippen LogP contribution in [0.2, 0.25) is 0 Å². The van der Waals surface area contributed by atoms with E-state index < -0.39 is 11.8 Å². The third-order valence-electron chi connectivity index (χ3n) is 7.51. The van der Waals surface area contributed by atoms with Crippen LogP contribution in [-0.4, -0.2) is 55.2 Å².